The number of hydrogen-bond donors (Lipinski definition) is 0. The van der Waals surface area contributed by atoms with E-state index >= 15 is 0 Å². The number of aromatic nitrogens is 2. The van der Waals surface area contributed by atoms with Crippen LogP contribution in [0.5, 0.6) is 46.0 Å². The van der Waals surface area contributed by atoms with Crippen molar-refractivity contribution >= 4 is 132 Å². The topological polar surface area (TPSA) is 113 Å². The number of benzene rings is 14. The Kier molecular flexibility index (Phi) is 27.4. The third-order valence-electron chi connectivity index (χ3n) is 25.0. The summed E-state index contributed by atoms with van der Waals surface area (Å²) in [6, 6.07) is 128. The Labute approximate surface area is 897 Å². The van der Waals surface area contributed by atoms with Crippen molar-refractivity contribution in [2.75, 3.05) is 98.3 Å². The number of nitrogens with zero attached hydrogens (tertiary/aromatic N) is 16. The van der Waals surface area contributed by atoms with E-state index in [1.807, 2.05) is 290 Å². The number of allylic oxidation sites excluding steroid dienone is 1. The van der Waals surface area contributed by atoms with Crippen LogP contribution >= 0.6 is 22.7 Å². The Balaban J connectivity index is 0.000000117. The molecule has 143 heavy (non-hydrogen) atoms. The molecule has 9 aliphatic rings. The monoisotopic (exact) mass is 2630 g/mol. The number of para-hydroxylation sites is 1. The molecule has 0 radical (unpaired) electrons. The number of hydrogen-bond acceptors (Lipinski definition) is 22. The molecule has 0 saturated carbocycles. The minimum absolute atomic E-state index is 0. The Morgan fingerprint density at radius 1 is 0.301 bits per heavy atom. The number of likely N-dealkylation sites (N-methyl/N-ethyl adjacent to an activating group) is 1. The fourth-order valence-electron chi connectivity index (χ4n) is 19.0. The van der Waals surface area contributed by atoms with Crippen LogP contribution in [-0.2, 0) is 89.7 Å². The maximum Gasteiger partial charge on any atom is 4.00 e. The molecule has 0 amide bonds. The van der Waals surface area contributed by atoms with Crippen molar-refractivity contribution in [3.63, 3.8) is 0 Å². The van der Waals surface area contributed by atoms with Crippen molar-refractivity contribution in [1.29, 1.82) is 0 Å². The van der Waals surface area contributed by atoms with Gasteiger partial charge in [0.05, 0.1) is 32.5 Å². The Morgan fingerprint density at radius 3 is 1.03 bits per heavy atom. The first-order valence-electron chi connectivity index (χ1n) is 45.3. The zero-order chi connectivity index (χ0) is 93.5. The van der Waals surface area contributed by atoms with Crippen molar-refractivity contribution in [2.24, 2.45) is 0 Å². The third kappa shape index (κ3) is 18.2. The zero-order valence-electron chi connectivity index (χ0n) is 77.7. The summed E-state index contributed by atoms with van der Waals surface area (Å²) in [5, 5.41) is 10.3. The van der Waals surface area contributed by atoms with Gasteiger partial charge in [0.1, 0.15) is 5.58 Å². The number of furan rings is 1. The van der Waals surface area contributed by atoms with Gasteiger partial charge in [0.2, 0.25) is 0 Å². The summed E-state index contributed by atoms with van der Waals surface area (Å²) in [5.41, 5.74) is 21.3. The molecule has 11 heterocycles. The van der Waals surface area contributed by atoms with Crippen molar-refractivity contribution in [1.82, 2.24) is 29.4 Å². The van der Waals surface area contributed by atoms with Crippen LogP contribution in [0, 0.1) is 95.2 Å². The molecule has 18 aromatic rings. The van der Waals surface area contributed by atoms with Crippen molar-refractivity contribution in [3.8, 4) is 62.8 Å². The molecule has 1 spiro atoms. The van der Waals surface area contributed by atoms with Crippen LogP contribution in [0.15, 0.2) is 357 Å². The van der Waals surface area contributed by atoms with E-state index < -0.39 is 5.41 Å². The maximum absolute atomic E-state index is 6.34. The average molecular weight is 2630 g/mol. The fourth-order valence-corrected chi connectivity index (χ4v) is 21.3. The van der Waals surface area contributed by atoms with Crippen molar-refractivity contribution < 1.29 is 108 Å². The van der Waals surface area contributed by atoms with Gasteiger partial charge in [-0.05, 0) is 150 Å². The van der Waals surface area contributed by atoms with Gasteiger partial charge in [0.25, 0.3) is 0 Å². The van der Waals surface area contributed by atoms with Gasteiger partial charge in [0, 0.05) is 122 Å². The van der Waals surface area contributed by atoms with Gasteiger partial charge in [-0.1, -0.05) is 121 Å². The summed E-state index contributed by atoms with van der Waals surface area (Å²) in [6.07, 6.45) is 15.6. The summed E-state index contributed by atoms with van der Waals surface area (Å²) < 4.78 is 35.1. The van der Waals surface area contributed by atoms with E-state index in [-0.39, 0.29) is 84.3 Å². The standard InChI is InChI=1S/C39H28N4O.C26H20N4O2.C26H20N4OS.C25H17N4OS.4Pt/c1-40-21-22-42(25-40)27-11-9-13-29(23-27)44-30-14-10-12-28(24-30)43-26-41(2)38-37(43)33-17-5-8-20-36(33)39(38)34-18-6-3-15-31(34)32-16-4-7-19-35(32)39;2*1-27-13-14-29(17-27)19-7-5-9-21(15-19)31-22-10-6-8-20(16-22)30-18-28(2)26-25(30)23-11-3-4-12-24(23)32-26;1-27-17-28(24-22-11-2-3-12-23(22)31-25(24)27)18-7-4-9-20(15-18)30-21-10-5-8-19(16-21)29-14-6-13-26-29;;;;/h3-22,25-26H,1-2H3;2*3-14,17-18H,1-2H3;2-14,17H,1H3;;;;/q3*-4;-3;;3*+4. The SMILES string of the molecule is CN1C=CN(c2[c-]c(Oc3[c-]c(N4[CH-]N(C)C5=C4c4ccccc4C54c5ccccc5-c5ccccc54)ccc3)ccc2)[CH-]1.CN1C=CN(c2[c-]c(Oc3[c-]c(N4[CH-]N(C)c5oc6ccccc6c54)ccc3)ccc2)[CH-]1.CN1C=CN(c2[c-]c(Oc3[c-]c(N4[CH-]N(C)c5sc6ccccc6c54)ccc3)ccc2)[CH-]1.CN1[CH-]N(c2[c-]c(Oc3[c-]c(-n4cccn4)ccc3)ccc2)c2c1sc1ccccc21.[Pt+4].[Pt+4].[Pt+4].[Pt]. The molecule has 2 aliphatic carbocycles. The van der Waals surface area contributed by atoms with Gasteiger partial charge in [-0.25, -0.2) is 0 Å². The van der Waals surface area contributed by atoms with Crippen LogP contribution in [-0.4, -0.2) is 78.7 Å². The third-order valence-corrected chi connectivity index (χ3v) is 27.5. The van der Waals surface area contributed by atoms with E-state index in [9.17, 15) is 0 Å². The molecule has 0 saturated heterocycles. The smallest absolute Gasteiger partial charge is 0.510 e. The summed E-state index contributed by atoms with van der Waals surface area (Å²) in [4.78, 5) is 29.3. The molecule has 27 rings (SSSR count). The second-order valence-electron chi connectivity index (χ2n) is 34.2. The predicted molar refractivity (Wildman–Crippen MR) is 555 cm³/mol. The minimum atomic E-state index is -0.405. The summed E-state index contributed by atoms with van der Waals surface area (Å²) in [7, 11) is 14.3. The summed E-state index contributed by atoms with van der Waals surface area (Å²) >= 11 is 3.59. The normalized spacial score (nSPS) is 14.8. The number of fused-ring (bicyclic) bond motifs is 18. The van der Waals surface area contributed by atoms with E-state index in [2.05, 4.69) is 269 Å². The molecule has 0 unspecified atom stereocenters. The molecule has 21 nitrogen and oxygen atoms in total. The van der Waals surface area contributed by atoms with Crippen molar-refractivity contribution in [2.45, 2.75) is 5.41 Å². The number of anilines is 13. The van der Waals surface area contributed by atoms with E-state index in [0.717, 1.165) is 68.0 Å². The molecule has 7 aliphatic heterocycles. The number of ether oxygens (including phenoxy) is 4. The van der Waals surface area contributed by atoms with E-state index in [0.29, 0.717) is 46.0 Å². The van der Waals surface area contributed by atoms with Gasteiger partial charge in [-0.2, -0.15) is 93.6 Å². The first kappa shape index (κ1) is 96.4. The second-order valence-corrected chi connectivity index (χ2v) is 36.3. The number of thiophene rings is 2. The minimum Gasteiger partial charge on any atom is -0.510 e. The largest absolute Gasteiger partial charge is 4.00 e. The Morgan fingerprint density at radius 2 is 0.629 bits per heavy atom. The fraction of sp³-hybridized carbons (Fsp3) is 0.0690. The molecule has 0 fully saturated rings. The Hall–Kier alpha value is -14.1. The molecule has 4 aromatic heterocycles. The van der Waals surface area contributed by atoms with Gasteiger partial charge >= 0.3 is 63.2 Å². The maximum atomic E-state index is 6.34. The molecule has 714 valence electrons. The van der Waals surface area contributed by atoms with Gasteiger partial charge < -0.3 is 92.0 Å². The zero-order valence-corrected chi connectivity index (χ0v) is 88.5. The van der Waals surface area contributed by atoms with Gasteiger partial charge in [-0.15, -0.1) is 215 Å². The summed E-state index contributed by atoms with van der Waals surface area (Å²) in [5.74, 6) is 5.88. The van der Waals surface area contributed by atoms with Crippen LogP contribution < -0.4 is 67.9 Å². The average Bonchev–Trinajstić information content (AvgIpc) is 1.49. The van der Waals surface area contributed by atoms with Gasteiger partial charge in [-0.3, -0.25) is 4.68 Å². The first-order chi connectivity index (χ1) is 68.2. The van der Waals surface area contributed by atoms with E-state index in [4.69, 9.17) is 23.4 Å². The quantitative estimate of drug-likeness (QED) is 0.0854. The first-order valence-corrected chi connectivity index (χ1v) is 46.9. The predicted octanol–water partition coefficient (Wildman–Crippen LogP) is 26.4. The molecule has 0 bridgehead atoms. The molecular weight excluding hydrogens is 2540 g/mol. The second kappa shape index (κ2) is 40.7. The molecular formula is C116H85N16O5Pt4S2-3. The van der Waals surface area contributed by atoms with E-state index in [1.165, 1.54) is 86.3 Å². The summed E-state index contributed by atoms with van der Waals surface area (Å²) in [6.45, 7) is 14.3. The van der Waals surface area contributed by atoms with Crippen molar-refractivity contribution in [3.05, 3.63) is 470 Å². The van der Waals surface area contributed by atoms with Crippen LogP contribution in [0.3, 0.4) is 0 Å². The van der Waals surface area contributed by atoms with Crippen LogP contribution in [0.25, 0.3) is 53.7 Å². The number of rotatable bonds is 16. The molecule has 14 aromatic carbocycles. The molecule has 0 N–H and O–H groups in total. The van der Waals surface area contributed by atoms with Crippen LogP contribution in [0.1, 0.15) is 22.3 Å². The molecule has 27 heteroatoms. The Bertz CT molecular complexity index is 7650. The van der Waals surface area contributed by atoms with Crippen LogP contribution in [0.4, 0.5) is 72.8 Å². The van der Waals surface area contributed by atoms with Crippen LogP contribution in [0.2, 0.25) is 0 Å². The molecule has 0 atom stereocenters. The van der Waals surface area contributed by atoms with Gasteiger partial charge in [0.15, 0.2) is 5.88 Å². The van der Waals surface area contributed by atoms with E-state index in [1.54, 1.807) is 33.6 Å².